The van der Waals surface area contributed by atoms with Crippen LogP contribution >= 0.6 is 0 Å². The van der Waals surface area contributed by atoms with Crippen LogP contribution in [0.4, 0.5) is 0 Å². The molecule has 0 atom stereocenters. The van der Waals surface area contributed by atoms with E-state index in [2.05, 4.69) is 17.1 Å². The molecule has 0 radical (unpaired) electrons. The number of carbonyl (C=O) groups is 1. The molecule has 1 saturated heterocycles. The normalized spacial score (nSPS) is 14.5. The largest absolute Gasteiger partial charge is 0.350 e. The number of hydrogen-bond donors (Lipinski definition) is 0. The molecule has 1 aliphatic rings. The SMILES string of the molecule is Cc1ncc(Cc2ccccc2)c(C2CCN(C(=O)c3cn(C)c4ccccc4c3=O)CC2)n1. The Kier molecular flexibility index (Phi) is 5.97. The third-order valence-electron chi connectivity index (χ3n) is 6.75. The van der Waals surface area contributed by atoms with Crippen molar-refractivity contribution in [1.82, 2.24) is 19.4 Å². The number of hydrogen-bond acceptors (Lipinski definition) is 4. The molecule has 172 valence electrons. The molecule has 4 aromatic rings. The van der Waals surface area contributed by atoms with E-state index in [1.165, 1.54) is 5.56 Å². The Hall–Kier alpha value is -3.80. The van der Waals surface area contributed by atoms with E-state index in [-0.39, 0.29) is 22.8 Å². The van der Waals surface area contributed by atoms with E-state index in [0.29, 0.717) is 18.5 Å². The van der Waals surface area contributed by atoms with E-state index in [9.17, 15) is 9.59 Å². The Bertz CT molecular complexity index is 1400. The lowest BCUT2D eigenvalue weighted by Crippen LogP contribution is -2.40. The first kappa shape index (κ1) is 22.0. The van der Waals surface area contributed by atoms with Crippen molar-refractivity contribution in [2.75, 3.05) is 13.1 Å². The van der Waals surface area contributed by atoms with Gasteiger partial charge in [0.15, 0.2) is 0 Å². The zero-order valence-corrected chi connectivity index (χ0v) is 19.6. The van der Waals surface area contributed by atoms with Crippen LogP contribution in [0.25, 0.3) is 10.9 Å². The molecule has 0 saturated carbocycles. The topological polar surface area (TPSA) is 68.1 Å². The lowest BCUT2D eigenvalue weighted by molar-refractivity contribution is 0.0710. The van der Waals surface area contributed by atoms with Gasteiger partial charge in [0.05, 0.1) is 11.2 Å². The molecule has 0 N–H and O–H groups in total. The summed E-state index contributed by atoms with van der Waals surface area (Å²) in [6.07, 6.45) is 6.05. The summed E-state index contributed by atoms with van der Waals surface area (Å²) in [5, 5.41) is 0.577. The molecule has 1 aliphatic heterocycles. The highest BCUT2D eigenvalue weighted by Crippen LogP contribution is 2.30. The quantitative estimate of drug-likeness (QED) is 0.464. The van der Waals surface area contributed by atoms with Crippen LogP contribution in [0.1, 0.15) is 51.8 Å². The number of aromatic nitrogens is 3. The number of rotatable bonds is 4. The van der Waals surface area contributed by atoms with E-state index < -0.39 is 0 Å². The standard InChI is InChI=1S/C28H28N4O2/c1-19-29-17-22(16-20-8-4-3-5-9-20)26(30-19)21-12-14-32(15-13-21)28(34)24-18-31(2)25-11-7-6-10-23(25)27(24)33/h3-11,17-18,21H,12-16H2,1-2H3. The average Bonchev–Trinajstić information content (AvgIpc) is 2.87. The van der Waals surface area contributed by atoms with Gasteiger partial charge in [-0.1, -0.05) is 42.5 Å². The maximum atomic E-state index is 13.3. The van der Waals surface area contributed by atoms with Crippen molar-refractivity contribution in [2.45, 2.75) is 32.1 Å². The van der Waals surface area contributed by atoms with E-state index in [1.807, 2.05) is 66.0 Å². The van der Waals surface area contributed by atoms with Crippen LogP contribution in [0, 0.1) is 6.92 Å². The van der Waals surface area contributed by atoms with Crippen molar-refractivity contribution in [1.29, 1.82) is 0 Å². The highest BCUT2D eigenvalue weighted by atomic mass is 16.2. The second kappa shape index (κ2) is 9.21. The molecule has 2 aromatic heterocycles. The lowest BCUT2D eigenvalue weighted by atomic mass is 9.89. The third kappa shape index (κ3) is 4.23. The summed E-state index contributed by atoms with van der Waals surface area (Å²) in [5.74, 6) is 0.849. The third-order valence-corrected chi connectivity index (χ3v) is 6.75. The van der Waals surface area contributed by atoms with Crippen LogP contribution in [0.15, 0.2) is 71.8 Å². The van der Waals surface area contributed by atoms with Crippen molar-refractivity contribution in [2.24, 2.45) is 7.05 Å². The van der Waals surface area contributed by atoms with Gasteiger partial charge in [-0.25, -0.2) is 9.97 Å². The zero-order valence-electron chi connectivity index (χ0n) is 19.6. The van der Waals surface area contributed by atoms with Crippen LogP contribution in [-0.2, 0) is 13.5 Å². The van der Waals surface area contributed by atoms with E-state index in [1.54, 1.807) is 12.3 Å². The fourth-order valence-corrected chi connectivity index (χ4v) is 4.94. The maximum Gasteiger partial charge on any atom is 0.259 e. The molecule has 5 rings (SSSR count). The predicted octanol–water partition coefficient (Wildman–Crippen LogP) is 4.25. The number of pyridine rings is 1. The summed E-state index contributed by atoms with van der Waals surface area (Å²) in [7, 11) is 1.87. The van der Waals surface area contributed by atoms with Gasteiger partial charge in [0.25, 0.3) is 5.91 Å². The minimum absolute atomic E-state index is 0.187. The molecule has 6 heteroatoms. The molecule has 0 aliphatic carbocycles. The fraction of sp³-hybridized carbons (Fsp3) is 0.286. The van der Waals surface area contributed by atoms with Gasteiger partial charge in [-0.05, 0) is 43.0 Å². The summed E-state index contributed by atoms with van der Waals surface area (Å²) in [5.41, 5.74) is 4.33. The van der Waals surface area contributed by atoms with E-state index >= 15 is 0 Å². The van der Waals surface area contributed by atoms with Crippen LogP contribution < -0.4 is 5.43 Å². The average molecular weight is 453 g/mol. The van der Waals surface area contributed by atoms with Crippen molar-refractivity contribution in [3.05, 3.63) is 105 Å². The number of benzene rings is 2. The highest BCUT2D eigenvalue weighted by molar-refractivity contribution is 5.97. The lowest BCUT2D eigenvalue weighted by Gasteiger charge is -2.32. The van der Waals surface area contributed by atoms with Gasteiger partial charge in [0, 0.05) is 50.3 Å². The van der Waals surface area contributed by atoms with Crippen LogP contribution in [0.5, 0.6) is 0 Å². The van der Waals surface area contributed by atoms with Crippen molar-refractivity contribution in [3.63, 3.8) is 0 Å². The summed E-state index contributed by atoms with van der Waals surface area (Å²) in [4.78, 5) is 37.4. The van der Waals surface area contributed by atoms with E-state index in [0.717, 1.165) is 41.9 Å². The van der Waals surface area contributed by atoms with Crippen molar-refractivity contribution < 1.29 is 4.79 Å². The van der Waals surface area contributed by atoms with Crippen LogP contribution in [0.2, 0.25) is 0 Å². The summed E-state index contributed by atoms with van der Waals surface area (Å²) in [6.45, 7) is 3.13. The molecule has 6 nitrogen and oxygen atoms in total. The zero-order chi connectivity index (χ0) is 23.7. The van der Waals surface area contributed by atoms with Gasteiger partial charge in [0.1, 0.15) is 11.4 Å². The first-order valence-corrected chi connectivity index (χ1v) is 11.8. The first-order valence-electron chi connectivity index (χ1n) is 11.8. The second-order valence-electron chi connectivity index (χ2n) is 9.06. The van der Waals surface area contributed by atoms with Crippen LogP contribution in [-0.4, -0.2) is 38.4 Å². The molecule has 0 bridgehead atoms. The Morgan fingerprint density at radius 2 is 1.74 bits per heavy atom. The highest BCUT2D eigenvalue weighted by Gasteiger charge is 2.28. The number of aryl methyl sites for hydroxylation is 2. The Morgan fingerprint density at radius 3 is 2.50 bits per heavy atom. The second-order valence-corrected chi connectivity index (χ2v) is 9.06. The Balaban J connectivity index is 1.35. The summed E-state index contributed by atoms with van der Waals surface area (Å²) < 4.78 is 1.86. The first-order chi connectivity index (χ1) is 16.5. The monoisotopic (exact) mass is 452 g/mol. The minimum Gasteiger partial charge on any atom is -0.350 e. The number of amides is 1. The molecular weight excluding hydrogens is 424 g/mol. The summed E-state index contributed by atoms with van der Waals surface area (Å²) >= 11 is 0. The van der Waals surface area contributed by atoms with Crippen molar-refractivity contribution >= 4 is 16.8 Å². The maximum absolute atomic E-state index is 13.3. The number of piperidine rings is 1. The number of likely N-dealkylation sites (tertiary alicyclic amines) is 1. The smallest absolute Gasteiger partial charge is 0.259 e. The van der Waals surface area contributed by atoms with Gasteiger partial charge < -0.3 is 9.47 Å². The molecule has 0 unspecified atom stereocenters. The van der Waals surface area contributed by atoms with Gasteiger partial charge in [-0.15, -0.1) is 0 Å². The molecule has 1 amide bonds. The van der Waals surface area contributed by atoms with Gasteiger partial charge >= 0.3 is 0 Å². The molecule has 0 spiro atoms. The number of para-hydroxylation sites is 1. The van der Waals surface area contributed by atoms with Gasteiger partial charge in [0.2, 0.25) is 5.43 Å². The molecule has 34 heavy (non-hydrogen) atoms. The molecule has 3 heterocycles. The van der Waals surface area contributed by atoms with Gasteiger partial charge in [-0.3, -0.25) is 9.59 Å². The van der Waals surface area contributed by atoms with E-state index in [4.69, 9.17) is 4.98 Å². The number of carbonyl (C=O) groups excluding carboxylic acids is 1. The molecule has 2 aromatic carbocycles. The number of fused-ring (bicyclic) bond motifs is 1. The Morgan fingerprint density at radius 1 is 1.03 bits per heavy atom. The minimum atomic E-state index is -0.197. The Labute approximate surface area is 198 Å². The summed E-state index contributed by atoms with van der Waals surface area (Å²) in [6, 6.07) is 17.8. The van der Waals surface area contributed by atoms with Crippen molar-refractivity contribution in [3.8, 4) is 0 Å². The molecule has 1 fully saturated rings. The van der Waals surface area contributed by atoms with Gasteiger partial charge in [-0.2, -0.15) is 0 Å². The number of nitrogens with zero attached hydrogens (tertiary/aromatic N) is 4. The fourth-order valence-electron chi connectivity index (χ4n) is 4.94. The predicted molar refractivity (Wildman–Crippen MR) is 133 cm³/mol. The van der Waals surface area contributed by atoms with Crippen LogP contribution in [0.3, 0.4) is 0 Å². The molecular formula is C28H28N4O2.